The number of hydrogen-bond acceptors (Lipinski definition) is 3. The lowest BCUT2D eigenvalue weighted by atomic mass is 10.2. The van der Waals surface area contributed by atoms with Gasteiger partial charge in [0.15, 0.2) is 6.61 Å². The van der Waals surface area contributed by atoms with E-state index in [0.29, 0.717) is 11.4 Å². The summed E-state index contributed by atoms with van der Waals surface area (Å²) in [5.41, 5.74) is 1.62. The van der Waals surface area contributed by atoms with E-state index in [1.165, 1.54) is 24.3 Å². The fraction of sp³-hybridized carbons (Fsp3) is 0.0588. The second-order valence-electron chi connectivity index (χ2n) is 4.81. The van der Waals surface area contributed by atoms with E-state index in [9.17, 15) is 9.18 Å². The molecule has 5 nitrogen and oxygen atoms in total. The van der Waals surface area contributed by atoms with Crippen LogP contribution in [0.2, 0.25) is 0 Å². The van der Waals surface area contributed by atoms with Crippen molar-refractivity contribution in [3.05, 3.63) is 73.1 Å². The number of halogens is 1. The van der Waals surface area contributed by atoms with Gasteiger partial charge < -0.3 is 14.6 Å². The van der Waals surface area contributed by atoms with Gasteiger partial charge in [0.05, 0.1) is 6.33 Å². The molecule has 0 fully saturated rings. The Morgan fingerprint density at radius 1 is 1.13 bits per heavy atom. The molecule has 3 aromatic rings. The number of nitrogens with zero attached hydrogens (tertiary/aromatic N) is 2. The number of nitrogens with one attached hydrogen (secondary N) is 1. The van der Waals surface area contributed by atoms with E-state index in [2.05, 4.69) is 10.3 Å². The van der Waals surface area contributed by atoms with Crippen molar-refractivity contribution < 1.29 is 13.9 Å². The van der Waals surface area contributed by atoms with Gasteiger partial charge in [-0.2, -0.15) is 0 Å². The summed E-state index contributed by atoms with van der Waals surface area (Å²) in [5, 5.41) is 2.73. The number of carbonyl (C=O) groups is 1. The number of amides is 1. The van der Waals surface area contributed by atoms with Crippen LogP contribution >= 0.6 is 0 Å². The highest BCUT2D eigenvalue weighted by molar-refractivity contribution is 5.91. The molecular weight excluding hydrogens is 297 g/mol. The molecule has 0 aliphatic heterocycles. The second-order valence-corrected chi connectivity index (χ2v) is 4.81. The Kier molecular flexibility index (Phi) is 4.33. The van der Waals surface area contributed by atoms with Gasteiger partial charge in [-0.3, -0.25) is 4.79 Å². The molecule has 0 saturated heterocycles. The molecular formula is C17H14FN3O2. The number of carbonyl (C=O) groups excluding carboxylic acids is 1. The first kappa shape index (κ1) is 14.8. The molecule has 0 atom stereocenters. The molecule has 0 aliphatic rings. The molecule has 0 bridgehead atoms. The molecule has 0 aliphatic carbocycles. The number of imidazole rings is 1. The molecule has 116 valence electrons. The van der Waals surface area contributed by atoms with Crippen LogP contribution in [-0.2, 0) is 4.79 Å². The zero-order valence-electron chi connectivity index (χ0n) is 12.1. The van der Waals surface area contributed by atoms with E-state index in [1.54, 1.807) is 24.7 Å². The van der Waals surface area contributed by atoms with E-state index in [-0.39, 0.29) is 18.3 Å². The average molecular weight is 311 g/mol. The van der Waals surface area contributed by atoms with E-state index in [4.69, 9.17) is 4.74 Å². The first-order valence-corrected chi connectivity index (χ1v) is 6.97. The van der Waals surface area contributed by atoms with Gasteiger partial charge in [0, 0.05) is 23.8 Å². The second kappa shape index (κ2) is 6.74. The zero-order chi connectivity index (χ0) is 16.1. The first-order chi connectivity index (χ1) is 11.2. The van der Waals surface area contributed by atoms with Crippen LogP contribution in [0.4, 0.5) is 10.1 Å². The van der Waals surface area contributed by atoms with Crippen LogP contribution in [0.3, 0.4) is 0 Å². The van der Waals surface area contributed by atoms with Crippen LogP contribution < -0.4 is 10.1 Å². The highest BCUT2D eigenvalue weighted by Crippen LogP contribution is 2.14. The summed E-state index contributed by atoms with van der Waals surface area (Å²) in [6, 6.07) is 12.8. The molecule has 6 heteroatoms. The number of hydrogen-bond donors (Lipinski definition) is 1. The van der Waals surface area contributed by atoms with E-state index in [1.807, 2.05) is 22.9 Å². The van der Waals surface area contributed by atoms with Gasteiger partial charge >= 0.3 is 0 Å². The van der Waals surface area contributed by atoms with Crippen molar-refractivity contribution in [1.29, 1.82) is 0 Å². The molecule has 1 N–H and O–H groups in total. The largest absolute Gasteiger partial charge is 0.484 e. The Morgan fingerprint density at radius 2 is 1.87 bits per heavy atom. The highest BCUT2D eigenvalue weighted by atomic mass is 19.1. The predicted octanol–water partition coefficient (Wildman–Crippen LogP) is 3.03. The summed E-state index contributed by atoms with van der Waals surface area (Å²) < 4.78 is 19.9. The molecule has 23 heavy (non-hydrogen) atoms. The van der Waals surface area contributed by atoms with Gasteiger partial charge in [-0.25, -0.2) is 9.37 Å². The molecule has 3 rings (SSSR count). The predicted molar refractivity (Wildman–Crippen MR) is 84.1 cm³/mol. The summed E-state index contributed by atoms with van der Waals surface area (Å²) in [4.78, 5) is 15.8. The van der Waals surface area contributed by atoms with Gasteiger partial charge in [-0.1, -0.05) is 0 Å². The number of benzene rings is 2. The molecule has 2 aromatic carbocycles. The van der Waals surface area contributed by atoms with Crippen LogP contribution in [-0.4, -0.2) is 22.1 Å². The molecule has 0 unspecified atom stereocenters. The first-order valence-electron chi connectivity index (χ1n) is 6.97. The quantitative estimate of drug-likeness (QED) is 0.788. The summed E-state index contributed by atoms with van der Waals surface area (Å²) in [7, 11) is 0. The van der Waals surface area contributed by atoms with Crippen molar-refractivity contribution in [3.8, 4) is 11.4 Å². The third-order valence-electron chi connectivity index (χ3n) is 3.14. The monoisotopic (exact) mass is 311 g/mol. The van der Waals surface area contributed by atoms with E-state index >= 15 is 0 Å². The summed E-state index contributed by atoms with van der Waals surface area (Å²) in [5.74, 6) is -0.193. The maximum absolute atomic E-state index is 12.8. The maximum Gasteiger partial charge on any atom is 0.262 e. The molecule has 1 aromatic heterocycles. The number of aromatic nitrogens is 2. The summed E-state index contributed by atoms with van der Waals surface area (Å²) >= 11 is 0. The average Bonchev–Trinajstić information content (AvgIpc) is 3.09. The third-order valence-corrected chi connectivity index (χ3v) is 3.14. The molecule has 1 amide bonds. The Labute approximate surface area is 132 Å². The van der Waals surface area contributed by atoms with E-state index < -0.39 is 0 Å². The van der Waals surface area contributed by atoms with E-state index in [0.717, 1.165) is 5.69 Å². The third kappa shape index (κ3) is 3.94. The fourth-order valence-electron chi connectivity index (χ4n) is 2.01. The maximum atomic E-state index is 12.8. The van der Waals surface area contributed by atoms with Gasteiger partial charge in [0.2, 0.25) is 0 Å². The topological polar surface area (TPSA) is 56.1 Å². The summed E-state index contributed by atoms with van der Waals surface area (Å²) in [6.45, 7) is -0.144. The van der Waals surface area contributed by atoms with Crippen LogP contribution in [0.5, 0.6) is 5.75 Å². The summed E-state index contributed by atoms with van der Waals surface area (Å²) in [6.07, 6.45) is 5.23. The van der Waals surface area contributed by atoms with Crippen LogP contribution in [0.25, 0.3) is 5.69 Å². The number of ether oxygens (including phenoxy) is 1. The van der Waals surface area contributed by atoms with Crippen LogP contribution in [0.1, 0.15) is 0 Å². The van der Waals surface area contributed by atoms with Crippen LogP contribution in [0, 0.1) is 5.82 Å². The molecule has 1 heterocycles. The van der Waals surface area contributed by atoms with Crippen molar-refractivity contribution in [3.63, 3.8) is 0 Å². The van der Waals surface area contributed by atoms with Gasteiger partial charge in [-0.15, -0.1) is 0 Å². The Morgan fingerprint density at radius 3 is 2.52 bits per heavy atom. The van der Waals surface area contributed by atoms with Crippen molar-refractivity contribution >= 4 is 11.6 Å². The fourth-order valence-corrected chi connectivity index (χ4v) is 2.01. The van der Waals surface area contributed by atoms with Crippen molar-refractivity contribution in [1.82, 2.24) is 9.55 Å². The highest BCUT2D eigenvalue weighted by Gasteiger charge is 2.04. The van der Waals surface area contributed by atoms with Gasteiger partial charge in [0.1, 0.15) is 11.6 Å². The number of anilines is 1. The molecule has 0 spiro atoms. The lowest BCUT2D eigenvalue weighted by Gasteiger charge is -2.08. The minimum atomic E-state index is -0.347. The minimum absolute atomic E-state index is 0.144. The lowest BCUT2D eigenvalue weighted by Crippen LogP contribution is -2.20. The normalized spacial score (nSPS) is 10.3. The standard InChI is InChI=1S/C17H14FN3O2/c18-13-1-7-16(8-2-13)23-11-17(22)20-14-3-5-15(6-4-14)21-10-9-19-12-21/h1-10,12H,11H2,(H,20,22). The molecule has 0 radical (unpaired) electrons. The molecule has 0 saturated carbocycles. The van der Waals surface area contributed by atoms with Crippen molar-refractivity contribution in [2.45, 2.75) is 0 Å². The Bertz CT molecular complexity index is 769. The minimum Gasteiger partial charge on any atom is -0.484 e. The Balaban J connectivity index is 1.54. The SMILES string of the molecule is O=C(COc1ccc(F)cc1)Nc1ccc(-n2ccnc2)cc1. The van der Waals surface area contributed by atoms with Crippen molar-refractivity contribution in [2.24, 2.45) is 0 Å². The van der Waals surface area contributed by atoms with Crippen LogP contribution in [0.15, 0.2) is 67.3 Å². The lowest BCUT2D eigenvalue weighted by molar-refractivity contribution is -0.118. The van der Waals surface area contributed by atoms with Gasteiger partial charge in [-0.05, 0) is 48.5 Å². The smallest absolute Gasteiger partial charge is 0.262 e. The van der Waals surface area contributed by atoms with Gasteiger partial charge in [0.25, 0.3) is 5.91 Å². The number of rotatable bonds is 5. The zero-order valence-corrected chi connectivity index (χ0v) is 12.1. The Hall–Kier alpha value is -3.15. The van der Waals surface area contributed by atoms with Crippen molar-refractivity contribution in [2.75, 3.05) is 11.9 Å².